The minimum absolute atomic E-state index is 0.0965. The maximum atomic E-state index is 13.7. The number of aromatic nitrogens is 2. The van der Waals surface area contributed by atoms with Gasteiger partial charge in [-0.05, 0) is 61.9 Å². The number of rotatable bonds is 9. The molecule has 1 aliphatic heterocycles. The Morgan fingerprint density at radius 3 is 2.34 bits per heavy atom. The van der Waals surface area contributed by atoms with Gasteiger partial charge in [-0.25, -0.2) is 4.98 Å². The molecule has 188 valence electrons. The summed E-state index contributed by atoms with van der Waals surface area (Å²) < 4.78 is 1.93. The third-order valence-electron chi connectivity index (χ3n) is 7.31. The molecular weight excluding hydrogens is 432 g/mol. The monoisotopic (exact) mass is 474 g/mol. The van der Waals surface area contributed by atoms with E-state index in [1.54, 1.807) is 0 Å². The Morgan fingerprint density at radius 2 is 1.69 bits per heavy atom. The highest BCUT2D eigenvalue weighted by Gasteiger charge is 2.31. The van der Waals surface area contributed by atoms with E-state index >= 15 is 0 Å². The molecule has 0 bridgehead atoms. The number of benzene rings is 2. The third-order valence-corrected chi connectivity index (χ3v) is 7.31. The second-order valence-electron chi connectivity index (χ2n) is 10.7. The lowest BCUT2D eigenvalue weighted by Crippen LogP contribution is -2.43. The van der Waals surface area contributed by atoms with Crippen LogP contribution >= 0.6 is 0 Å². The summed E-state index contributed by atoms with van der Waals surface area (Å²) >= 11 is 0. The first kappa shape index (κ1) is 25.6. The molecule has 0 N–H and O–H groups in total. The van der Waals surface area contributed by atoms with Gasteiger partial charge >= 0.3 is 0 Å². The molecular formula is C30H42N4O. The Morgan fingerprint density at radius 1 is 1.00 bits per heavy atom. The van der Waals surface area contributed by atoms with Crippen LogP contribution < -0.4 is 5.56 Å². The van der Waals surface area contributed by atoms with Gasteiger partial charge in [0.25, 0.3) is 5.56 Å². The summed E-state index contributed by atoms with van der Waals surface area (Å²) in [5.74, 6) is 2.30. The molecule has 0 saturated carbocycles. The van der Waals surface area contributed by atoms with Crippen molar-refractivity contribution >= 4 is 10.9 Å². The largest absolute Gasteiger partial charge is 0.298 e. The van der Waals surface area contributed by atoms with E-state index < -0.39 is 0 Å². The number of piperidine rings is 1. The van der Waals surface area contributed by atoms with Crippen molar-refractivity contribution in [3.8, 4) is 0 Å². The van der Waals surface area contributed by atoms with Gasteiger partial charge < -0.3 is 0 Å². The Hall–Kier alpha value is -2.50. The maximum Gasteiger partial charge on any atom is 0.261 e. The fourth-order valence-corrected chi connectivity index (χ4v) is 5.92. The van der Waals surface area contributed by atoms with Crippen molar-refractivity contribution in [1.29, 1.82) is 0 Å². The SMILES string of the molecule is CCCC(c1nc2ccc(CN(C)Cc3ccccc3)cc2c(=O)n1CC)N1C[C@H](C)C[C@H](C)C1. The van der Waals surface area contributed by atoms with Crippen molar-refractivity contribution in [2.75, 3.05) is 20.1 Å². The normalized spacial score (nSPS) is 19.9. The van der Waals surface area contributed by atoms with Crippen LogP contribution in [0, 0.1) is 11.8 Å². The number of hydrogen-bond acceptors (Lipinski definition) is 4. The molecule has 3 atom stereocenters. The van der Waals surface area contributed by atoms with E-state index in [1.807, 2.05) is 10.6 Å². The van der Waals surface area contributed by atoms with Crippen molar-refractivity contribution in [2.24, 2.45) is 11.8 Å². The molecule has 4 rings (SSSR count). The number of hydrogen-bond donors (Lipinski definition) is 0. The van der Waals surface area contributed by atoms with Gasteiger partial charge in [0.05, 0.1) is 16.9 Å². The molecule has 1 aliphatic rings. The second kappa shape index (κ2) is 11.5. The average molecular weight is 475 g/mol. The van der Waals surface area contributed by atoms with Gasteiger partial charge in [-0.1, -0.05) is 63.6 Å². The lowest BCUT2D eigenvalue weighted by Gasteiger charge is -2.40. The first-order chi connectivity index (χ1) is 16.9. The zero-order valence-electron chi connectivity index (χ0n) is 22.2. The van der Waals surface area contributed by atoms with E-state index in [0.717, 1.165) is 61.3 Å². The van der Waals surface area contributed by atoms with Gasteiger partial charge in [-0.15, -0.1) is 0 Å². The van der Waals surface area contributed by atoms with E-state index in [1.165, 1.54) is 12.0 Å². The minimum Gasteiger partial charge on any atom is -0.298 e. The lowest BCUT2D eigenvalue weighted by molar-refractivity contribution is 0.0836. The predicted molar refractivity (Wildman–Crippen MR) is 145 cm³/mol. The van der Waals surface area contributed by atoms with Crippen molar-refractivity contribution in [3.05, 3.63) is 75.8 Å². The molecule has 1 aromatic heterocycles. The third kappa shape index (κ3) is 6.02. The standard InChI is InChI=1S/C30H42N4O/c1-6-11-28(33-18-22(3)16-23(4)19-33)29-31-27-15-14-25(17-26(27)30(35)34(29)7-2)21-32(5)20-24-12-9-8-10-13-24/h8-10,12-15,17,22-23,28H,6-7,11,16,18-21H2,1-5H3/t22-,23+,28?. The van der Waals surface area contributed by atoms with Crippen molar-refractivity contribution in [3.63, 3.8) is 0 Å². The van der Waals surface area contributed by atoms with Crippen LogP contribution in [0.2, 0.25) is 0 Å². The minimum atomic E-state index is 0.0965. The van der Waals surface area contributed by atoms with Gasteiger partial charge in [0.1, 0.15) is 5.82 Å². The Bertz CT molecular complexity index is 1160. The van der Waals surface area contributed by atoms with Crippen LogP contribution in [0.5, 0.6) is 0 Å². The van der Waals surface area contributed by atoms with Crippen LogP contribution in [0.4, 0.5) is 0 Å². The van der Waals surface area contributed by atoms with Gasteiger partial charge in [-0.3, -0.25) is 19.2 Å². The molecule has 0 spiro atoms. The fourth-order valence-electron chi connectivity index (χ4n) is 5.92. The predicted octanol–water partition coefficient (Wildman–Crippen LogP) is 5.87. The van der Waals surface area contributed by atoms with Crippen molar-refractivity contribution in [1.82, 2.24) is 19.4 Å². The molecule has 1 fully saturated rings. The maximum absolute atomic E-state index is 13.7. The quantitative estimate of drug-likeness (QED) is 0.389. The molecule has 0 radical (unpaired) electrons. The lowest BCUT2D eigenvalue weighted by atomic mass is 9.90. The number of fused-ring (bicyclic) bond motifs is 1. The summed E-state index contributed by atoms with van der Waals surface area (Å²) in [5.41, 5.74) is 3.36. The van der Waals surface area contributed by atoms with Crippen LogP contribution in [0.3, 0.4) is 0 Å². The van der Waals surface area contributed by atoms with Crippen LogP contribution in [0.15, 0.2) is 53.3 Å². The first-order valence-electron chi connectivity index (χ1n) is 13.4. The van der Waals surface area contributed by atoms with E-state index in [0.29, 0.717) is 18.4 Å². The fraction of sp³-hybridized carbons (Fsp3) is 0.533. The second-order valence-corrected chi connectivity index (χ2v) is 10.7. The van der Waals surface area contributed by atoms with Crippen LogP contribution in [0.25, 0.3) is 10.9 Å². The molecule has 1 unspecified atom stereocenters. The van der Waals surface area contributed by atoms with Gasteiger partial charge in [-0.2, -0.15) is 0 Å². The molecule has 3 aromatic rings. The van der Waals surface area contributed by atoms with Crippen molar-refractivity contribution < 1.29 is 0 Å². The smallest absolute Gasteiger partial charge is 0.261 e. The summed E-state index contributed by atoms with van der Waals surface area (Å²) in [7, 11) is 2.12. The summed E-state index contributed by atoms with van der Waals surface area (Å²) in [6.45, 7) is 13.5. The number of likely N-dealkylation sites (tertiary alicyclic amines) is 1. The van der Waals surface area contributed by atoms with Gasteiger partial charge in [0, 0.05) is 32.7 Å². The van der Waals surface area contributed by atoms with Crippen LogP contribution in [0.1, 0.15) is 70.0 Å². The van der Waals surface area contributed by atoms with E-state index in [2.05, 4.69) is 87.0 Å². The molecule has 1 saturated heterocycles. The van der Waals surface area contributed by atoms with E-state index in [-0.39, 0.29) is 11.6 Å². The zero-order valence-corrected chi connectivity index (χ0v) is 22.2. The summed E-state index contributed by atoms with van der Waals surface area (Å²) in [6, 6.07) is 16.9. The first-order valence-corrected chi connectivity index (χ1v) is 13.4. The van der Waals surface area contributed by atoms with Crippen molar-refractivity contribution in [2.45, 2.75) is 72.6 Å². The highest BCUT2D eigenvalue weighted by Crippen LogP contribution is 2.32. The Balaban J connectivity index is 1.65. The Labute approximate surface area is 210 Å². The summed E-state index contributed by atoms with van der Waals surface area (Å²) in [4.78, 5) is 23.7. The topological polar surface area (TPSA) is 41.4 Å². The van der Waals surface area contributed by atoms with Gasteiger partial charge in [0.2, 0.25) is 0 Å². The zero-order chi connectivity index (χ0) is 24.9. The van der Waals surface area contributed by atoms with Crippen LogP contribution in [-0.2, 0) is 19.6 Å². The molecule has 2 heterocycles. The molecule has 0 amide bonds. The summed E-state index contributed by atoms with van der Waals surface area (Å²) in [5, 5.41) is 0.733. The summed E-state index contributed by atoms with van der Waals surface area (Å²) in [6.07, 6.45) is 3.39. The molecule has 5 nitrogen and oxygen atoms in total. The van der Waals surface area contributed by atoms with E-state index in [9.17, 15) is 4.79 Å². The van der Waals surface area contributed by atoms with E-state index in [4.69, 9.17) is 4.98 Å². The highest BCUT2D eigenvalue weighted by atomic mass is 16.1. The number of nitrogens with zero attached hydrogens (tertiary/aromatic N) is 4. The Kier molecular flexibility index (Phi) is 8.40. The highest BCUT2D eigenvalue weighted by molar-refractivity contribution is 5.78. The molecule has 0 aliphatic carbocycles. The molecule has 5 heteroatoms. The molecule has 35 heavy (non-hydrogen) atoms. The average Bonchev–Trinajstić information content (AvgIpc) is 2.83. The molecule has 2 aromatic carbocycles. The van der Waals surface area contributed by atoms with Crippen LogP contribution in [-0.4, -0.2) is 39.5 Å². The van der Waals surface area contributed by atoms with Gasteiger partial charge in [0.15, 0.2) is 0 Å².